The number of carbonyl (C=O) groups is 1. The van der Waals surface area contributed by atoms with Crippen LogP contribution in [0.2, 0.25) is 0 Å². The van der Waals surface area contributed by atoms with Crippen LogP contribution in [0.25, 0.3) is 0 Å². The van der Waals surface area contributed by atoms with Crippen molar-refractivity contribution in [2.75, 3.05) is 26.1 Å². The third-order valence-corrected chi connectivity index (χ3v) is 9.39. The molecule has 0 spiro atoms. The number of aromatic nitrogens is 1. The molecule has 0 bridgehead atoms. The number of anilines is 2. The fourth-order valence-corrected chi connectivity index (χ4v) is 7.37. The lowest BCUT2D eigenvalue weighted by Gasteiger charge is -2.58. The number of aliphatic hydroxyl groups excluding tert-OH is 2. The number of ether oxygens (including phenoxy) is 2. The van der Waals surface area contributed by atoms with Gasteiger partial charge in [-0.2, -0.15) is 0 Å². The standard InChI is InChI=1S/C27H39N3O5S/c1-15(2)28-23(33)12-17-24-20(13-21-26(17,3)10-9-22(32)27(21,4)14-31)36-25(30-24)29-18-11-16(34-5)7-8-19(18)35-6/h7-8,11,15,17,21-22,31-32H,9-10,12-14H2,1-6H3,(H,28,33)(H,29,30). The molecule has 2 aromatic rings. The predicted octanol–water partition coefficient (Wildman–Crippen LogP) is 4.23. The molecule has 198 valence electrons. The van der Waals surface area contributed by atoms with Gasteiger partial charge in [0.25, 0.3) is 0 Å². The summed E-state index contributed by atoms with van der Waals surface area (Å²) in [6.07, 6.45) is 1.81. The van der Waals surface area contributed by atoms with Crippen molar-refractivity contribution < 1.29 is 24.5 Å². The molecule has 1 aromatic carbocycles. The Balaban J connectivity index is 1.76. The lowest BCUT2D eigenvalue weighted by atomic mass is 9.47. The molecule has 8 nitrogen and oxygen atoms in total. The third-order valence-electron chi connectivity index (χ3n) is 8.38. The average molecular weight is 518 g/mol. The maximum absolute atomic E-state index is 13.0. The van der Waals surface area contributed by atoms with Crippen LogP contribution in [0.5, 0.6) is 11.5 Å². The number of benzene rings is 1. The molecule has 1 saturated carbocycles. The highest BCUT2D eigenvalue weighted by Gasteiger charge is 2.59. The minimum absolute atomic E-state index is 0.00313. The summed E-state index contributed by atoms with van der Waals surface area (Å²) in [5.41, 5.74) is 0.761. The van der Waals surface area contributed by atoms with Crippen molar-refractivity contribution in [3.05, 3.63) is 28.8 Å². The predicted molar refractivity (Wildman–Crippen MR) is 141 cm³/mol. The molecule has 5 unspecified atom stereocenters. The maximum Gasteiger partial charge on any atom is 0.220 e. The highest BCUT2D eigenvalue weighted by molar-refractivity contribution is 7.15. The van der Waals surface area contributed by atoms with Crippen LogP contribution in [0, 0.1) is 16.7 Å². The van der Waals surface area contributed by atoms with E-state index in [0.29, 0.717) is 35.9 Å². The number of methoxy groups -OCH3 is 2. The Kier molecular flexibility index (Phi) is 7.55. The van der Waals surface area contributed by atoms with E-state index in [1.165, 1.54) is 0 Å². The molecule has 1 amide bonds. The first-order valence-electron chi connectivity index (χ1n) is 12.6. The van der Waals surface area contributed by atoms with E-state index >= 15 is 0 Å². The highest BCUT2D eigenvalue weighted by Crippen LogP contribution is 2.63. The zero-order valence-electron chi connectivity index (χ0n) is 22.1. The molecular weight excluding hydrogens is 478 g/mol. The van der Waals surface area contributed by atoms with Crippen LogP contribution in [0.3, 0.4) is 0 Å². The number of rotatable bonds is 8. The van der Waals surface area contributed by atoms with Crippen molar-refractivity contribution in [1.29, 1.82) is 0 Å². The summed E-state index contributed by atoms with van der Waals surface area (Å²) in [4.78, 5) is 19.1. The molecule has 1 heterocycles. The molecule has 4 rings (SSSR count). The van der Waals surface area contributed by atoms with Gasteiger partial charge < -0.3 is 30.3 Å². The lowest BCUT2D eigenvalue weighted by molar-refractivity contribution is -0.144. The molecule has 0 radical (unpaired) electrons. The average Bonchev–Trinajstić information content (AvgIpc) is 3.24. The van der Waals surface area contributed by atoms with Gasteiger partial charge in [-0.15, -0.1) is 11.3 Å². The van der Waals surface area contributed by atoms with E-state index in [-0.39, 0.29) is 35.8 Å². The fourth-order valence-electron chi connectivity index (χ4n) is 6.29. The number of thiazole rings is 1. The van der Waals surface area contributed by atoms with Crippen LogP contribution in [0.4, 0.5) is 10.8 Å². The molecule has 0 saturated heterocycles. The van der Waals surface area contributed by atoms with Crippen molar-refractivity contribution in [3.63, 3.8) is 0 Å². The highest BCUT2D eigenvalue weighted by atomic mass is 32.1. The maximum atomic E-state index is 13.0. The number of hydrogen-bond donors (Lipinski definition) is 4. The molecule has 9 heteroatoms. The number of aliphatic hydroxyl groups is 2. The second-order valence-electron chi connectivity index (χ2n) is 11.0. The summed E-state index contributed by atoms with van der Waals surface area (Å²) in [6, 6.07) is 5.60. The molecule has 5 atom stereocenters. The Morgan fingerprint density at radius 2 is 2.03 bits per heavy atom. The van der Waals surface area contributed by atoms with Crippen molar-refractivity contribution >= 4 is 28.1 Å². The van der Waals surface area contributed by atoms with E-state index in [0.717, 1.165) is 22.7 Å². The van der Waals surface area contributed by atoms with Gasteiger partial charge in [0.2, 0.25) is 5.91 Å². The second kappa shape index (κ2) is 10.2. The van der Waals surface area contributed by atoms with Gasteiger partial charge in [-0.1, -0.05) is 13.8 Å². The van der Waals surface area contributed by atoms with E-state index in [1.54, 1.807) is 25.6 Å². The van der Waals surface area contributed by atoms with Gasteiger partial charge in [0, 0.05) is 34.7 Å². The van der Waals surface area contributed by atoms with Gasteiger partial charge in [-0.05, 0) is 56.6 Å². The minimum Gasteiger partial charge on any atom is -0.497 e. The zero-order chi connectivity index (χ0) is 26.3. The monoisotopic (exact) mass is 517 g/mol. The third kappa shape index (κ3) is 4.68. The number of nitrogens with one attached hydrogen (secondary N) is 2. The quantitative estimate of drug-likeness (QED) is 0.414. The van der Waals surface area contributed by atoms with Gasteiger partial charge in [-0.25, -0.2) is 4.98 Å². The van der Waals surface area contributed by atoms with Crippen LogP contribution in [-0.2, 0) is 11.2 Å². The summed E-state index contributed by atoms with van der Waals surface area (Å²) < 4.78 is 10.9. The molecular formula is C27H39N3O5S. The molecule has 1 aromatic heterocycles. The van der Waals surface area contributed by atoms with Crippen LogP contribution >= 0.6 is 11.3 Å². The SMILES string of the molecule is COc1ccc(OC)c(Nc2nc3c(s2)CC2C(C)(CO)C(O)CCC2(C)C3CC(=O)NC(C)C)c1. The van der Waals surface area contributed by atoms with E-state index in [2.05, 4.69) is 17.6 Å². The molecule has 2 aliphatic carbocycles. The lowest BCUT2D eigenvalue weighted by Crippen LogP contribution is -2.57. The van der Waals surface area contributed by atoms with E-state index in [1.807, 2.05) is 39.0 Å². The van der Waals surface area contributed by atoms with Crippen LogP contribution in [0.1, 0.15) is 63.4 Å². The van der Waals surface area contributed by atoms with Gasteiger partial charge in [0.15, 0.2) is 5.13 Å². The van der Waals surface area contributed by atoms with Gasteiger partial charge in [0.05, 0.1) is 38.3 Å². The Hall–Kier alpha value is -2.36. The van der Waals surface area contributed by atoms with Gasteiger partial charge >= 0.3 is 0 Å². The number of amides is 1. The Bertz CT molecular complexity index is 1110. The summed E-state index contributed by atoms with van der Waals surface area (Å²) >= 11 is 1.56. The van der Waals surface area contributed by atoms with Crippen molar-refractivity contribution in [1.82, 2.24) is 10.3 Å². The van der Waals surface area contributed by atoms with Crippen molar-refractivity contribution in [3.8, 4) is 11.5 Å². The number of hydrogen-bond acceptors (Lipinski definition) is 8. The van der Waals surface area contributed by atoms with Crippen molar-refractivity contribution in [2.24, 2.45) is 16.7 Å². The number of nitrogens with zero attached hydrogens (tertiary/aromatic N) is 1. The number of fused-ring (bicyclic) bond motifs is 2. The molecule has 1 fully saturated rings. The topological polar surface area (TPSA) is 113 Å². The molecule has 0 aliphatic heterocycles. The van der Waals surface area contributed by atoms with Crippen LogP contribution in [0.15, 0.2) is 18.2 Å². The molecule has 2 aliphatic rings. The van der Waals surface area contributed by atoms with Gasteiger partial charge in [0.1, 0.15) is 11.5 Å². The first-order valence-corrected chi connectivity index (χ1v) is 13.4. The first-order chi connectivity index (χ1) is 17.0. The molecule has 4 N–H and O–H groups in total. The van der Waals surface area contributed by atoms with E-state index in [9.17, 15) is 15.0 Å². The minimum atomic E-state index is -0.648. The summed E-state index contributed by atoms with van der Waals surface area (Å²) in [5.74, 6) is 1.27. The first kappa shape index (κ1) is 26.7. The largest absolute Gasteiger partial charge is 0.497 e. The normalized spacial score (nSPS) is 29.3. The smallest absolute Gasteiger partial charge is 0.220 e. The van der Waals surface area contributed by atoms with Crippen molar-refractivity contribution in [2.45, 2.75) is 71.4 Å². The van der Waals surface area contributed by atoms with Crippen LogP contribution < -0.4 is 20.1 Å². The summed E-state index contributed by atoms with van der Waals surface area (Å²) in [6.45, 7) is 8.02. The molecule has 36 heavy (non-hydrogen) atoms. The summed E-state index contributed by atoms with van der Waals surface area (Å²) in [7, 11) is 3.24. The Morgan fingerprint density at radius 1 is 1.28 bits per heavy atom. The summed E-state index contributed by atoms with van der Waals surface area (Å²) in [5, 5.41) is 28.5. The van der Waals surface area contributed by atoms with E-state index < -0.39 is 11.5 Å². The van der Waals surface area contributed by atoms with Crippen LogP contribution in [-0.4, -0.2) is 54.1 Å². The Labute approximate surface area is 217 Å². The van der Waals surface area contributed by atoms with Gasteiger partial charge in [-0.3, -0.25) is 4.79 Å². The zero-order valence-corrected chi connectivity index (χ0v) is 22.9. The fraction of sp³-hybridized carbons (Fsp3) is 0.630. The second-order valence-corrected chi connectivity index (χ2v) is 12.1. The number of carbonyl (C=O) groups excluding carboxylic acids is 1. The Morgan fingerprint density at radius 3 is 2.67 bits per heavy atom. The van der Waals surface area contributed by atoms with E-state index in [4.69, 9.17) is 14.5 Å².